The number of aromatic amines is 1. The summed E-state index contributed by atoms with van der Waals surface area (Å²) in [5.41, 5.74) is 3.10. The van der Waals surface area contributed by atoms with Gasteiger partial charge in [-0.1, -0.05) is 48.9 Å². The Morgan fingerprint density at radius 1 is 1.33 bits per heavy atom. The molecule has 1 unspecified atom stereocenters. The van der Waals surface area contributed by atoms with Crippen LogP contribution in [0.2, 0.25) is 5.02 Å². The fourth-order valence-electron chi connectivity index (χ4n) is 2.50. The second-order valence-electron chi connectivity index (χ2n) is 5.21. The fourth-order valence-corrected chi connectivity index (χ4v) is 2.94. The number of nitrogens with zero attached hydrogens (tertiary/aromatic N) is 2. The number of rotatable bonds is 4. The first-order chi connectivity index (χ1) is 10.1. The predicted molar refractivity (Wildman–Crippen MR) is 89.4 cm³/mol. The lowest BCUT2D eigenvalue weighted by Crippen LogP contribution is -2.03. The molecule has 3 aromatic rings. The molecular weight excluding hydrogens is 302 g/mol. The third-order valence-corrected chi connectivity index (χ3v) is 4.26. The molecule has 1 atom stereocenters. The maximum atomic E-state index is 5.96. The Kier molecular flexibility index (Phi) is 4.08. The van der Waals surface area contributed by atoms with Gasteiger partial charge in [0.05, 0.1) is 10.5 Å². The van der Waals surface area contributed by atoms with E-state index in [-0.39, 0.29) is 0 Å². The van der Waals surface area contributed by atoms with E-state index in [2.05, 4.69) is 41.2 Å². The van der Waals surface area contributed by atoms with E-state index in [1.54, 1.807) is 6.20 Å². The number of aryl methyl sites for hydroxylation is 1. The molecule has 0 spiro atoms. The lowest BCUT2D eigenvalue weighted by Gasteiger charge is -2.12. The summed E-state index contributed by atoms with van der Waals surface area (Å²) in [4.78, 5) is 7.55. The fraction of sp³-hybridized carbons (Fsp3) is 0.250. The van der Waals surface area contributed by atoms with Crippen molar-refractivity contribution >= 4 is 35.0 Å². The van der Waals surface area contributed by atoms with Crippen LogP contribution in [-0.2, 0) is 6.54 Å². The minimum atomic E-state index is 0.477. The standard InChI is InChI=1S/C16H16ClN3S/c1-11(12-5-3-2-4-6-12)7-8-20-15-14(19-16(20)21)9-13(17)10-18-15/h2-6,9-11H,7-8H2,1H3,(H,19,21). The Labute approximate surface area is 133 Å². The molecule has 2 aromatic heterocycles. The minimum absolute atomic E-state index is 0.477. The van der Waals surface area contributed by atoms with Gasteiger partial charge in [0.2, 0.25) is 0 Å². The van der Waals surface area contributed by atoms with Gasteiger partial charge in [0, 0.05) is 12.7 Å². The number of nitrogens with one attached hydrogen (secondary N) is 1. The zero-order valence-electron chi connectivity index (χ0n) is 11.7. The maximum Gasteiger partial charge on any atom is 0.179 e. The highest BCUT2D eigenvalue weighted by atomic mass is 35.5. The third-order valence-electron chi connectivity index (χ3n) is 3.73. The molecule has 3 rings (SSSR count). The molecule has 3 nitrogen and oxygen atoms in total. The molecule has 0 saturated heterocycles. The van der Waals surface area contributed by atoms with Crippen LogP contribution in [0.15, 0.2) is 42.6 Å². The largest absolute Gasteiger partial charge is 0.329 e. The molecule has 21 heavy (non-hydrogen) atoms. The highest BCUT2D eigenvalue weighted by Crippen LogP contribution is 2.22. The van der Waals surface area contributed by atoms with E-state index in [4.69, 9.17) is 23.8 Å². The molecule has 1 aromatic carbocycles. The monoisotopic (exact) mass is 317 g/mol. The van der Waals surface area contributed by atoms with Crippen LogP contribution >= 0.6 is 23.8 Å². The molecule has 0 aliphatic heterocycles. The molecule has 0 aliphatic carbocycles. The topological polar surface area (TPSA) is 33.6 Å². The van der Waals surface area contributed by atoms with Crippen LogP contribution in [0.3, 0.4) is 0 Å². The number of halogens is 1. The first-order valence-electron chi connectivity index (χ1n) is 6.94. The predicted octanol–water partition coefficient (Wildman–Crippen LogP) is 4.94. The van der Waals surface area contributed by atoms with E-state index in [1.165, 1.54) is 5.56 Å². The van der Waals surface area contributed by atoms with Crippen LogP contribution in [0, 0.1) is 4.77 Å². The van der Waals surface area contributed by atoms with E-state index in [0.29, 0.717) is 15.7 Å². The van der Waals surface area contributed by atoms with Gasteiger partial charge in [-0.25, -0.2) is 4.98 Å². The lowest BCUT2D eigenvalue weighted by molar-refractivity contribution is 0.579. The molecule has 0 fully saturated rings. The smallest absolute Gasteiger partial charge is 0.179 e. The zero-order valence-corrected chi connectivity index (χ0v) is 13.3. The first-order valence-corrected chi connectivity index (χ1v) is 7.73. The molecule has 108 valence electrons. The molecule has 2 heterocycles. The van der Waals surface area contributed by atoms with Crippen LogP contribution in [0.25, 0.3) is 11.2 Å². The van der Waals surface area contributed by atoms with Gasteiger partial charge in [-0.3, -0.25) is 0 Å². The summed E-state index contributed by atoms with van der Waals surface area (Å²) in [7, 11) is 0. The Hall–Kier alpha value is -1.65. The van der Waals surface area contributed by atoms with Crippen molar-refractivity contribution < 1.29 is 0 Å². The second kappa shape index (κ2) is 6.00. The summed E-state index contributed by atoms with van der Waals surface area (Å²) in [6.07, 6.45) is 2.67. The van der Waals surface area contributed by atoms with E-state index < -0.39 is 0 Å². The quantitative estimate of drug-likeness (QED) is 0.691. The third kappa shape index (κ3) is 3.01. The van der Waals surface area contributed by atoms with Crippen molar-refractivity contribution in [2.24, 2.45) is 0 Å². The van der Waals surface area contributed by atoms with Gasteiger partial charge >= 0.3 is 0 Å². The number of hydrogen-bond donors (Lipinski definition) is 1. The van der Waals surface area contributed by atoms with Crippen LogP contribution in [0.1, 0.15) is 24.8 Å². The summed E-state index contributed by atoms with van der Waals surface area (Å²) in [5, 5.41) is 0.614. The lowest BCUT2D eigenvalue weighted by atomic mass is 9.98. The maximum absolute atomic E-state index is 5.96. The average Bonchev–Trinajstić information content (AvgIpc) is 2.80. The van der Waals surface area contributed by atoms with Gasteiger partial charge in [-0.2, -0.15) is 0 Å². The van der Waals surface area contributed by atoms with Crippen molar-refractivity contribution in [2.45, 2.75) is 25.8 Å². The number of pyridine rings is 1. The van der Waals surface area contributed by atoms with E-state index in [1.807, 2.05) is 16.7 Å². The molecule has 5 heteroatoms. The van der Waals surface area contributed by atoms with Gasteiger partial charge in [0.15, 0.2) is 10.4 Å². The van der Waals surface area contributed by atoms with Gasteiger partial charge in [-0.15, -0.1) is 0 Å². The number of aromatic nitrogens is 3. The Morgan fingerprint density at radius 3 is 2.86 bits per heavy atom. The number of fused-ring (bicyclic) bond motifs is 1. The van der Waals surface area contributed by atoms with E-state index in [9.17, 15) is 0 Å². The number of H-pyrrole nitrogens is 1. The number of benzene rings is 1. The summed E-state index contributed by atoms with van der Waals surface area (Å²) in [6, 6.07) is 12.4. The highest BCUT2D eigenvalue weighted by Gasteiger charge is 2.09. The Bertz CT molecular complexity index is 807. The van der Waals surface area contributed by atoms with Crippen LogP contribution in [-0.4, -0.2) is 14.5 Å². The SMILES string of the molecule is CC(CCn1c(=S)[nH]c2cc(Cl)cnc21)c1ccccc1. The average molecular weight is 318 g/mol. The van der Waals surface area contributed by atoms with E-state index >= 15 is 0 Å². The van der Waals surface area contributed by atoms with Crippen LogP contribution < -0.4 is 0 Å². The molecular formula is C16H16ClN3S. The second-order valence-corrected chi connectivity index (χ2v) is 6.03. The minimum Gasteiger partial charge on any atom is -0.329 e. The van der Waals surface area contributed by atoms with E-state index in [0.717, 1.165) is 24.1 Å². The van der Waals surface area contributed by atoms with Gasteiger partial charge in [-0.05, 0) is 36.2 Å². The van der Waals surface area contributed by atoms with Gasteiger partial charge in [0.25, 0.3) is 0 Å². The van der Waals surface area contributed by atoms with Crippen molar-refractivity contribution in [1.29, 1.82) is 0 Å². The van der Waals surface area contributed by atoms with Crippen molar-refractivity contribution in [2.75, 3.05) is 0 Å². The molecule has 0 aliphatic rings. The molecule has 0 bridgehead atoms. The van der Waals surface area contributed by atoms with Crippen LogP contribution in [0.4, 0.5) is 0 Å². The summed E-state index contributed by atoms with van der Waals surface area (Å²) < 4.78 is 2.74. The summed E-state index contributed by atoms with van der Waals surface area (Å²) in [5.74, 6) is 0.477. The molecule has 1 N–H and O–H groups in total. The zero-order chi connectivity index (χ0) is 14.8. The van der Waals surface area contributed by atoms with Crippen molar-refractivity contribution in [3.8, 4) is 0 Å². The van der Waals surface area contributed by atoms with Crippen LogP contribution in [0.5, 0.6) is 0 Å². The molecule has 0 saturated carbocycles. The Balaban J connectivity index is 1.82. The van der Waals surface area contributed by atoms with Gasteiger partial charge < -0.3 is 9.55 Å². The molecule has 0 radical (unpaired) electrons. The first kappa shape index (κ1) is 14.3. The Morgan fingerprint density at radius 2 is 2.10 bits per heavy atom. The van der Waals surface area contributed by atoms with Crippen molar-refractivity contribution in [3.05, 3.63) is 58.0 Å². The van der Waals surface area contributed by atoms with Crippen molar-refractivity contribution in [1.82, 2.24) is 14.5 Å². The normalized spacial score (nSPS) is 12.7. The summed E-state index contributed by atoms with van der Waals surface area (Å²) in [6.45, 7) is 3.07. The number of hydrogen-bond acceptors (Lipinski definition) is 2. The molecule has 0 amide bonds. The number of imidazole rings is 1. The van der Waals surface area contributed by atoms with Crippen molar-refractivity contribution in [3.63, 3.8) is 0 Å². The highest BCUT2D eigenvalue weighted by molar-refractivity contribution is 7.71. The summed E-state index contributed by atoms with van der Waals surface area (Å²) >= 11 is 11.4. The van der Waals surface area contributed by atoms with Gasteiger partial charge in [0.1, 0.15) is 0 Å².